The summed E-state index contributed by atoms with van der Waals surface area (Å²) in [4.78, 5) is 31.3. The molecule has 0 aliphatic rings. The zero-order chi connectivity index (χ0) is 22.2. The number of rotatable bonds is 4. The van der Waals surface area contributed by atoms with Gasteiger partial charge in [-0.2, -0.15) is 4.98 Å². The average molecular weight is 444 g/mol. The summed E-state index contributed by atoms with van der Waals surface area (Å²) in [5, 5.41) is 4.03. The van der Waals surface area contributed by atoms with E-state index >= 15 is 0 Å². The van der Waals surface area contributed by atoms with Crippen molar-refractivity contribution in [2.24, 2.45) is 0 Å². The van der Waals surface area contributed by atoms with Crippen molar-refractivity contribution in [3.63, 3.8) is 0 Å². The first kappa shape index (κ1) is 19.9. The lowest BCUT2D eigenvalue weighted by molar-refractivity contribution is 0.732. The molecule has 3 aromatic heterocycles. The van der Waals surface area contributed by atoms with E-state index in [0.29, 0.717) is 44.3 Å². The van der Waals surface area contributed by atoms with Gasteiger partial charge in [0.1, 0.15) is 11.3 Å². The molecule has 0 spiro atoms. The van der Waals surface area contributed by atoms with Crippen LogP contribution in [-0.2, 0) is 0 Å². The Hall–Kier alpha value is -4.04. The lowest BCUT2D eigenvalue weighted by atomic mass is 10.2. The molecule has 0 aliphatic heterocycles. The van der Waals surface area contributed by atoms with Gasteiger partial charge in [0.2, 0.25) is 5.95 Å². The highest BCUT2D eigenvalue weighted by atomic mass is 35.5. The molecule has 0 saturated carbocycles. The van der Waals surface area contributed by atoms with Crippen LogP contribution in [-0.4, -0.2) is 24.5 Å². The first-order valence-electron chi connectivity index (χ1n) is 9.94. The molecule has 5 rings (SSSR count). The van der Waals surface area contributed by atoms with E-state index in [2.05, 4.69) is 20.3 Å². The van der Waals surface area contributed by atoms with Crippen LogP contribution in [0.15, 0.2) is 71.7 Å². The third-order valence-corrected chi connectivity index (χ3v) is 5.41. The highest BCUT2D eigenvalue weighted by molar-refractivity contribution is 6.35. The Morgan fingerprint density at radius 2 is 1.75 bits per heavy atom. The molecule has 5 aromatic rings. The molecule has 0 aliphatic carbocycles. The molecule has 158 valence electrons. The molecule has 8 nitrogen and oxygen atoms in total. The molecule has 0 saturated heterocycles. The number of nitrogen functional groups attached to an aromatic ring is 1. The Morgan fingerprint density at radius 3 is 2.56 bits per heavy atom. The minimum atomic E-state index is -0.425. The molecule has 0 radical (unpaired) electrons. The summed E-state index contributed by atoms with van der Waals surface area (Å²) in [5.74, 6) is 1.08. The maximum Gasteiger partial charge on any atom is 0.267 e. The number of nitrogens with one attached hydrogen (secondary N) is 1. The van der Waals surface area contributed by atoms with Crippen molar-refractivity contribution >= 4 is 45.3 Å². The van der Waals surface area contributed by atoms with Crippen LogP contribution in [0.5, 0.6) is 0 Å². The molecule has 0 bridgehead atoms. The van der Waals surface area contributed by atoms with Gasteiger partial charge >= 0.3 is 0 Å². The smallest absolute Gasteiger partial charge is 0.267 e. The predicted molar refractivity (Wildman–Crippen MR) is 126 cm³/mol. The van der Waals surface area contributed by atoms with Crippen LogP contribution in [0.4, 0.5) is 11.8 Å². The van der Waals surface area contributed by atoms with Gasteiger partial charge < -0.3 is 11.1 Å². The lowest BCUT2D eigenvalue weighted by Crippen LogP contribution is -2.27. The fourth-order valence-electron chi connectivity index (χ4n) is 3.68. The number of nitrogens with zero attached hydrogens (tertiary/aromatic N) is 5. The summed E-state index contributed by atoms with van der Waals surface area (Å²) < 4.78 is 1.56. The molecule has 3 N–H and O–H groups in total. The molecule has 0 amide bonds. The summed E-state index contributed by atoms with van der Waals surface area (Å²) in [7, 11) is 0. The Balaban J connectivity index is 1.71. The van der Waals surface area contributed by atoms with Gasteiger partial charge in [0.25, 0.3) is 5.56 Å². The van der Waals surface area contributed by atoms with E-state index in [9.17, 15) is 4.79 Å². The maximum absolute atomic E-state index is 13.5. The number of fused-ring (bicyclic) bond motifs is 2. The van der Waals surface area contributed by atoms with Crippen molar-refractivity contribution in [3.05, 3.63) is 88.1 Å². The standard InChI is InChI=1S/C23H18ClN7O/c1-13(27-20-19-17(11-6-12-26-19)29-23(25)30-20)21-28-16-10-5-9-15(24)18(16)22(32)31(21)14-7-3-2-4-8-14/h2-13H,1H3,(H3,25,27,29,30). The molecular weight excluding hydrogens is 426 g/mol. The predicted octanol–water partition coefficient (Wildman–Crippen LogP) is 4.13. The average Bonchev–Trinajstić information content (AvgIpc) is 2.79. The van der Waals surface area contributed by atoms with Crippen LogP contribution >= 0.6 is 11.6 Å². The van der Waals surface area contributed by atoms with Gasteiger partial charge in [-0.15, -0.1) is 0 Å². The van der Waals surface area contributed by atoms with Crippen molar-refractivity contribution in [1.82, 2.24) is 24.5 Å². The minimum Gasteiger partial charge on any atom is -0.368 e. The first-order valence-corrected chi connectivity index (χ1v) is 10.3. The monoisotopic (exact) mass is 443 g/mol. The van der Waals surface area contributed by atoms with Crippen molar-refractivity contribution < 1.29 is 0 Å². The highest BCUT2D eigenvalue weighted by Crippen LogP contribution is 2.26. The normalized spacial score (nSPS) is 12.2. The minimum absolute atomic E-state index is 0.124. The molecule has 32 heavy (non-hydrogen) atoms. The van der Waals surface area contributed by atoms with Crippen LogP contribution in [0.2, 0.25) is 5.02 Å². The van der Waals surface area contributed by atoms with E-state index in [1.807, 2.05) is 43.3 Å². The van der Waals surface area contributed by atoms with E-state index in [4.69, 9.17) is 22.3 Å². The Bertz CT molecular complexity index is 1520. The fraction of sp³-hybridized carbons (Fsp3) is 0.0870. The van der Waals surface area contributed by atoms with Gasteiger partial charge in [-0.05, 0) is 43.3 Å². The Labute approximate surface area is 187 Å². The molecule has 3 heterocycles. The second-order valence-corrected chi connectivity index (χ2v) is 7.65. The van der Waals surface area contributed by atoms with Crippen LogP contribution in [0.25, 0.3) is 27.6 Å². The van der Waals surface area contributed by atoms with Gasteiger partial charge in [-0.1, -0.05) is 35.9 Å². The summed E-state index contributed by atoms with van der Waals surface area (Å²) in [5.41, 5.74) is 8.04. The quantitative estimate of drug-likeness (QED) is 0.429. The largest absolute Gasteiger partial charge is 0.368 e. The summed E-state index contributed by atoms with van der Waals surface area (Å²) in [6.07, 6.45) is 1.66. The molecule has 2 aromatic carbocycles. The second kappa shape index (κ2) is 7.90. The summed E-state index contributed by atoms with van der Waals surface area (Å²) in [6, 6.07) is 17.7. The molecule has 0 fully saturated rings. The molecule has 1 atom stereocenters. The molecule has 1 unspecified atom stereocenters. The van der Waals surface area contributed by atoms with E-state index in [1.54, 1.807) is 35.0 Å². The number of aromatic nitrogens is 5. The van der Waals surface area contributed by atoms with Crippen molar-refractivity contribution in [1.29, 1.82) is 0 Å². The van der Waals surface area contributed by atoms with Crippen molar-refractivity contribution in [2.75, 3.05) is 11.1 Å². The van der Waals surface area contributed by atoms with Crippen LogP contribution in [0.3, 0.4) is 0 Å². The van der Waals surface area contributed by atoms with Gasteiger partial charge in [-0.3, -0.25) is 14.3 Å². The van der Waals surface area contributed by atoms with E-state index in [-0.39, 0.29) is 11.5 Å². The van der Waals surface area contributed by atoms with E-state index in [1.165, 1.54) is 0 Å². The SMILES string of the molecule is CC(Nc1nc(N)nc2cccnc12)c1nc2cccc(Cl)c2c(=O)n1-c1ccccc1. The lowest BCUT2D eigenvalue weighted by Gasteiger charge is -2.20. The van der Waals surface area contributed by atoms with Gasteiger partial charge in [0, 0.05) is 6.20 Å². The number of halogens is 1. The van der Waals surface area contributed by atoms with Crippen molar-refractivity contribution in [2.45, 2.75) is 13.0 Å². The fourth-order valence-corrected chi connectivity index (χ4v) is 3.93. The van der Waals surface area contributed by atoms with Crippen LogP contribution in [0, 0.1) is 0 Å². The van der Waals surface area contributed by atoms with Crippen LogP contribution in [0.1, 0.15) is 18.8 Å². The summed E-state index contributed by atoms with van der Waals surface area (Å²) in [6.45, 7) is 1.89. The Kier molecular flexibility index (Phi) is 4.91. The number of para-hydroxylation sites is 1. The third-order valence-electron chi connectivity index (χ3n) is 5.10. The van der Waals surface area contributed by atoms with E-state index < -0.39 is 6.04 Å². The Morgan fingerprint density at radius 1 is 0.969 bits per heavy atom. The number of hydrogen-bond acceptors (Lipinski definition) is 7. The van der Waals surface area contributed by atoms with E-state index in [0.717, 1.165) is 0 Å². The number of hydrogen-bond donors (Lipinski definition) is 2. The third kappa shape index (κ3) is 3.40. The maximum atomic E-state index is 13.5. The van der Waals surface area contributed by atoms with Crippen LogP contribution < -0.4 is 16.6 Å². The highest BCUT2D eigenvalue weighted by Gasteiger charge is 2.20. The zero-order valence-electron chi connectivity index (χ0n) is 17.0. The number of nitrogens with two attached hydrogens (primary N) is 1. The van der Waals surface area contributed by atoms with Gasteiger partial charge in [0.15, 0.2) is 5.82 Å². The zero-order valence-corrected chi connectivity index (χ0v) is 17.8. The van der Waals surface area contributed by atoms with Crippen molar-refractivity contribution in [3.8, 4) is 5.69 Å². The summed E-state index contributed by atoms with van der Waals surface area (Å²) >= 11 is 6.36. The first-order chi connectivity index (χ1) is 15.5. The van der Waals surface area contributed by atoms with Gasteiger partial charge in [0.05, 0.1) is 33.2 Å². The number of benzene rings is 2. The number of pyridine rings is 1. The van der Waals surface area contributed by atoms with Gasteiger partial charge in [-0.25, -0.2) is 9.97 Å². The molecule has 9 heteroatoms. The second-order valence-electron chi connectivity index (χ2n) is 7.25. The topological polar surface area (TPSA) is 112 Å². The number of anilines is 2. The molecular formula is C23H18ClN7O.